The van der Waals surface area contributed by atoms with Crippen LogP contribution in [0.25, 0.3) is 10.9 Å². The Hall–Kier alpha value is -2.21. The number of nitrogens with two attached hydrogens (primary N) is 1. The Balaban J connectivity index is 2.09. The van der Waals surface area contributed by atoms with Gasteiger partial charge in [-0.05, 0) is 26.0 Å². The first-order chi connectivity index (χ1) is 9.93. The zero-order valence-corrected chi connectivity index (χ0v) is 12.3. The number of amides is 1. The first-order valence-corrected chi connectivity index (χ1v) is 6.88. The third-order valence-electron chi connectivity index (χ3n) is 3.30. The summed E-state index contributed by atoms with van der Waals surface area (Å²) in [5.74, 6) is -0.134. The van der Waals surface area contributed by atoms with Gasteiger partial charge in [0.2, 0.25) is 5.91 Å². The number of aromatic nitrogens is 2. The van der Waals surface area contributed by atoms with Gasteiger partial charge in [-0.15, -0.1) is 0 Å². The molecule has 1 amide bonds. The van der Waals surface area contributed by atoms with Crippen molar-refractivity contribution in [3.05, 3.63) is 40.9 Å². The molecular formula is C15H20N4O2. The lowest BCUT2D eigenvalue weighted by Gasteiger charge is -2.24. The normalized spacial score (nSPS) is 11.6. The third-order valence-corrected chi connectivity index (χ3v) is 3.30. The maximum absolute atomic E-state index is 12.3. The van der Waals surface area contributed by atoms with E-state index in [0.29, 0.717) is 24.0 Å². The number of aryl methyl sites for hydroxylation is 1. The number of nitrogens with zero attached hydrogens (tertiary/aromatic N) is 2. The van der Waals surface area contributed by atoms with E-state index < -0.39 is 5.54 Å². The number of carbonyl (C=O) groups excluding carboxylic acids is 1. The minimum absolute atomic E-state index is 0.133. The molecule has 0 atom stereocenters. The molecule has 1 aromatic carbocycles. The molecule has 0 saturated heterocycles. The second-order valence-corrected chi connectivity index (χ2v) is 5.65. The minimum Gasteiger partial charge on any atom is -0.350 e. The number of rotatable bonds is 5. The van der Waals surface area contributed by atoms with Crippen LogP contribution in [0.5, 0.6) is 0 Å². The standard InChI is InChI=1S/C15H20N4O2/c1-15(2,9-16)18-13(20)7-8-19-10-17-12-6-4-3-5-11(12)14(19)21/h3-6,10H,7-9,16H2,1-2H3,(H,18,20). The zero-order chi connectivity index (χ0) is 15.5. The number of para-hydroxylation sites is 1. The van der Waals surface area contributed by atoms with E-state index in [1.165, 1.54) is 10.9 Å². The molecule has 6 heteroatoms. The molecule has 21 heavy (non-hydrogen) atoms. The Labute approximate surface area is 123 Å². The zero-order valence-electron chi connectivity index (χ0n) is 12.3. The number of hydrogen-bond donors (Lipinski definition) is 2. The largest absolute Gasteiger partial charge is 0.350 e. The summed E-state index contributed by atoms with van der Waals surface area (Å²) >= 11 is 0. The second-order valence-electron chi connectivity index (χ2n) is 5.65. The molecule has 0 radical (unpaired) electrons. The van der Waals surface area contributed by atoms with Crippen molar-refractivity contribution in [1.29, 1.82) is 0 Å². The SMILES string of the molecule is CC(C)(CN)NC(=O)CCn1cnc2ccccc2c1=O. The summed E-state index contributed by atoms with van der Waals surface area (Å²) in [5.41, 5.74) is 5.65. The van der Waals surface area contributed by atoms with E-state index in [9.17, 15) is 9.59 Å². The smallest absolute Gasteiger partial charge is 0.261 e. The van der Waals surface area contributed by atoms with Gasteiger partial charge in [0.05, 0.1) is 17.2 Å². The summed E-state index contributed by atoms with van der Waals surface area (Å²) in [7, 11) is 0. The molecule has 1 heterocycles. The van der Waals surface area contributed by atoms with Crippen molar-refractivity contribution >= 4 is 16.8 Å². The predicted octanol–water partition coefficient (Wildman–Crippen LogP) is 0.640. The van der Waals surface area contributed by atoms with Crippen LogP contribution in [-0.2, 0) is 11.3 Å². The minimum atomic E-state index is -0.441. The molecule has 0 aliphatic rings. The van der Waals surface area contributed by atoms with E-state index in [-0.39, 0.29) is 17.9 Å². The fourth-order valence-electron chi connectivity index (χ4n) is 1.98. The van der Waals surface area contributed by atoms with Gasteiger partial charge >= 0.3 is 0 Å². The van der Waals surface area contributed by atoms with Gasteiger partial charge < -0.3 is 11.1 Å². The van der Waals surface area contributed by atoms with Gasteiger partial charge in [0.25, 0.3) is 5.56 Å². The summed E-state index contributed by atoms with van der Waals surface area (Å²) in [5, 5.41) is 3.39. The highest BCUT2D eigenvalue weighted by atomic mass is 16.2. The summed E-state index contributed by atoms with van der Waals surface area (Å²) < 4.78 is 1.46. The van der Waals surface area contributed by atoms with Gasteiger partial charge in [-0.1, -0.05) is 12.1 Å². The van der Waals surface area contributed by atoms with E-state index >= 15 is 0 Å². The molecular weight excluding hydrogens is 268 g/mol. The summed E-state index contributed by atoms with van der Waals surface area (Å²) in [4.78, 5) is 28.3. The number of hydrogen-bond acceptors (Lipinski definition) is 4. The van der Waals surface area contributed by atoms with Crippen LogP contribution >= 0.6 is 0 Å². The second kappa shape index (κ2) is 6.05. The lowest BCUT2D eigenvalue weighted by atomic mass is 10.1. The molecule has 0 fully saturated rings. The van der Waals surface area contributed by atoms with Crippen LogP contribution in [0, 0.1) is 0 Å². The van der Waals surface area contributed by atoms with Crippen LogP contribution in [0.15, 0.2) is 35.4 Å². The van der Waals surface area contributed by atoms with Crippen LogP contribution in [0.3, 0.4) is 0 Å². The number of benzene rings is 1. The van der Waals surface area contributed by atoms with Crippen molar-refractivity contribution < 1.29 is 4.79 Å². The molecule has 0 spiro atoms. The highest BCUT2D eigenvalue weighted by molar-refractivity contribution is 5.77. The van der Waals surface area contributed by atoms with Crippen LogP contribution in [0.1, 0.15) is 20.3 Å². The quantitative estimate of drug-likeness (QED) is 0.845. The summed E-state index contributed by atoms with van der Waals surface area (Å²) in [6, 6.07) is 7.16. The maximum Gasteiger partial charge on any atom is 0.261 e. The van der Waals surface area contributed by atoms with E-state index in [2.05, 4.69) is 10.3 Å². The molecule has 1 aromatic heterocycles. The van der Waals surface area contributed by atoms with Crippen molar-refractivity contribution in [2.45, 2.75) is 32.4 Å². The molecule has 0 saturated carbocycles. The monoisotopic (exact) mass is 288 g/mol. The van der Waals surface area contributed by atoms with Crippen LogP contribution in [0.2, 0.25) is 0 Å². The van der Waals surface area contributed by atoms with E-state index in [1.54, 1.807) is 18.2 Å². The summed E-state index contributed by atoms with van der Waals surface area (Å²) in [6.45, 7) is 4.36. The van der Waals surface area contributed by atoms with Gasteiger partial charge in [-0.3, -0.25) is 14.2 Å². The fourth-order valence-corrected chi connectivity index (χ4v) is 1.98. The van der Waals surface area contributed by atoms with E-state index in [4.69, 9.17) is 5.73 Å². The molecule has 2 aromatic rings. The molecule has 3 N–H and O–H groups in total. The average Bonchev–Trinajstić information content (AvgIpc) is 2.46. The van der Waals surface area contributed by atoms with Crippen LogP contribution in [-0.4, -0.2) is 27.5 Å². The molecule has 0 aliphatic heterocycles. The van der Waals surface area contributed by atoms with Gasteiger partial charge in [-0.25, -0.2) is 4.98 Å². The molecule has 0 aliphatic carbocycles. The van der Waals surface area contributed by atoms with Gasteiger partial charge in [0.1, 0.15) is 0 Å². The Kier molecular flexibility index (Phi) is 4.37. The number of nitrogens with one attached hydrogen (secondary N) is 1. The molecule has 0 bridgehead atoms. The molecule has 2 rings (SSSR count). The Bertz CT molecular complexity index is 706. The van der Waals surface area contributed by atoms with Gasteiger partial charge in [0, 0.05) is 25.0 Å². The lowest BCUT2D eigenvalue weighted by molar-refractivity contribution is -0.122. The van der Waals surface area contributed by atoms with Crippen LogP contribution < -0.4 is 16.6 Å². The van der Waals surface area contributed by atoms with Crippen molar-refractivity contribution in [3.8, 4) is 0 Å². The van der Waals surface area contributed by atoms with Gasteiger partial charge in [0.15, 0.2) is 0 Å². The fraction of sp³-hybridized carbons (Fsp3) is 0.400. The van der Waals surface area contributed by atoms with Gasteiger partial charge in [-0.2, -0.15) is 0 Å². The molecule has 0 unspecified atom stereocenters. The maximum atomic E-state index is 12.3. The first-order valence-electron chi connectivity index (χ1n) is 6.88. The van der Waals surface area contributed by atoms with Crippen molar-refractivity contribution in [2.24, 2.45) is 5.73 Å². The third kappa shape index (κ3) is 3.66. The Morgan fingerprint density at radius 2 is 2.10 bits per heavy atom. The van der Waals surface area contributed by atoms with Crippen molar-refractivity contribution in [3.63, 3.8) is 0 Å². The average molecular weight is 288 g/mol. The Morgan fingerprint density at radius 1 is 1.38 bits per heavy atom. The lowest BCUT2D eigenvalue weighted by Crippen LogP contribution is -2.49. The van der Waals surface area contributed by atoms with Crippen molar-refractivity contribution in [1.82, 2.24) is 14.9 Å². The molecule has 112 valence electrons. The highest BCUT2D eigenvalue weighted by Crippen LogP contribution is 2.05. The number of carbonyl (C=O) groups is 1. The first kappa shape index (κ1) is 15.2. The highest BCUT2D eigenvalue weighted by Gasteiger charge is 2.18. The van der Waals surface area contributed by atoms with Crippen LogP contribution in [0.4, 0.5) is 0 Å². The number of fused-ring (bicyclic) bond motifs is 1. The predicted molar refractivity (Wildman–Crippen MR) is 81.9 cm³/mol. The van der Waals surface area contributed by atoms with E-state index in [1.807, 2.05) is 19.9 Å². The topological polar surface area (TPSA) is 90.0 Å². The Morgan fingerprint density at radius 3 is 2.81 bits per heavy atom. The van der Waals surface area contributed by atoms with E-state index in [0.717, 1.165) is 0 Å². The molecule has 6 nitrogen and oxygen atoms in total. The van der Waals surface area contributed by atoms with Crippen molar-refractivity contribution in [2.75, 3.05) is 6.54 Å². The summed E-state index contributed by atoms with van der Waals surface area (Å²) in [6.07, 6.45) is 1.69.